The van der Waals surface area contributed by atoms with Crippen molar-refractivity contribution in [2.24, 2.45) is 0 Å². The topological polar surface area (TPSA) is 157 Å². The molecule has 0 saturated carbocycles. The van der Waals surface area contributed by atoms with Gasteiger partial charge in [-0.2, -0.15) is 0 Å². The summed E-state index contributed by atoms with van der Waals surface area (Å²) in [5.41, 5.74) is 4.47. The van der Waals surface area contributed by atoms with E-state index in [4.69, 9.17) is 28.9 Å². The quantitative estimate of drug-likeness (QED) is 0.243. The molecule has 42 heavy (non-hydrogen) atoms. The largest absolute Gasteiger partial charge is 0.467 e. The molecule has 1 aliphatic rings. The van der Waals surface area contributed by atoms with Crippen LogP contribution in [0.15, 0.2) is 49.1 Å². The summed E-state index contributed by atoms with van der Waals surface area (Å²) in [5.74, 6) is -1.35. The van der Waals surface area contributed by atoms with Crippen LogP contribution in [-0.2, 0) is 39.9 Å². The van der Waals surface area contributed by atoms with Gasteiger partial charge < -0.3 is 24.3 Å². The molecule has 1 saturated heterocycles. The van der Waals surface area contributed by atoms with Crippen LogP contribution in [0.5, 0.6) is 0 Å². The second kappa shape index (κ2) is 11.9. The number of benzene rings is 1. The van der Waals surface area contributed by atoms with Crippen LogP contribution < -0.4 is 5.32 Å². The summed E-state index contributed by atoms with van der Waals surface area (Å²) in [4.78, 5) is 55.1. The molecule has 4 heterocycles. The Bertz CT molecular complexity index is 1650. The van der Waals surface area contributed by atoms with E-state index in [-0.39, 0.29) is 0 Å². The number of nitrogens with one attached hydrogen (secondary N) is 1. The van der Waals surface area contributed by atoms with Crippen LogP contribution in [0.2, 0.25) is 0 Å². The molecule has 0 amide bonds. The van der Waals surface area contributed by atoms with Gasteiger partial charge in [0.05, 0.1) is 13.4 Å². The SMILES string of the molecule is COC(=O)[C@H]1O[C@@H](n2cnc3c(NCc4cccc(C)c4)nc(-c4cncc(C)c4)nc32)[C@H](OC(C)=O)[C@@H]1OC(C)=O. The van der Waals surface area contributed by atoms with Crippen molar-refractivity contribution >= 4 is 34.9 Å². The van der Waals surface area contributed by atoms with E-state index in [0.29, 0.717) is 34.9 Å². The molecule has 0 radical (unpaired) electrons. The third-order valence-corrected chi connectivity index (χ3v) is 6.60. The fraction of sp³-hybridized carbons (Fsp3) is 0.345. The number of methoxy groups -OCH3 is 1. The monoisotopic (exact) mass is 574 g/mol. The molecular formula is C29H30N6O7. The minimum absolute atomic E-state index is 0.322. The van der Waals surface area contributed by atoms with Crippen molar-refractivity contribution in [1.82, 2.24) is 24.5 Å². The van der Waals surface area contributed by atoms with E-state index in [1.807, 2.05) is 38.1 Å². The lowest BCUT2D eigenvalue weighted by atomic mass is 10.1. The highest BCUT2D eigenvalue weighted by Crippen LogP contribution is 2.37. The Balaban J connectivity index is 1.63. The van der Waals surface area contributed by atoms with E-state index < -0.39 is 42.4 Å². The number of aryl methyl sites for hydroxylation is 2. The summed E-state index contributed by atoms with van der Waals surface area (Å²) in [6.07, 6.45) is -0.181. The Kier molecular flexibility index (Phi) is 8.11. The molecule has 0 bridgehead atoms. The van der Waals surface area contributed by atoms with Gasteiger partial charge in [-0.05, 0) is 31.0 Å². The van der Waals surface area contributed by atoms with Crippen molar-refractivity contribution in [2.45, 2.75) is 58.8 Å². The van der Waals surface area contributed by atoms with Gasteiger partial charge in [0.2, 0.25) is 0 Å². The number of hydrogen-bond acceptors (Lipinski definition) is 12. The molecule has 4 atom stereocenters. The molecule has 1 aliphatic heterocycles. The summed E-state index contributed by atoms with van der Waals surface area (Å²) in [6, 6.07) is 9.96. The van der Waals surface area contributed by atoms with Crippen molar-refractivity contribution in [3.05, 3.63) is 65.7 Å². The third-order valence-electron chi connectivity index (χ3n) is 6.60. The zero-order valence-corrected chi connectivity index (χ0v) is 23.7. The summed E-state index contributed by atoms with van der Waals surface area (Å²) >= 11 is 0. The number of esters is 3. The number of anilines is 1. The molecule has 5 rings (SSSR count). The van der Waals surface area contributed by atoms with E-state index in [0.717, 1.165) is 16.7 Å². The molecular weight excluding hydrogens is 544 g/mol. The maximum absolute atomic E-state index is 12.6. The number of carbonyl (C=O) groups excluding carboxylic acids is 3. The van der Waals surface area contributed by atoms with Gasteiger partial charge in [-0.1, -0.05) is 29.8 Å². The number of pyridine rings is 1. The number of carbonyl (C=O) groups is 3. The zero-order valence-electron chi connectivity index (χ0n) is 23.7. The minimum Gasteiger partial charge on any atom is -0.467 e. The second-order valence-corrected chi connectivity index (χ2v) is 9.93. The highest BCUT2D eigenvalue weighted by Gasteiger charge is 2.54. The Labute approximate surface area is 241 Å². The Hall–Kier alpha value is -4.91. The summed E-state index contributed by atoms with van der Waals surface area (Å²) in [6.45, 7) is 6.77. The van der Waals surface area contributed by atoms with Crippen molar-refractivity contribution < 1.29 is 33.3 Å². The molecule has 1 fully saturated rings. The zero-order chi connectivity index (χ0) is 30.0. The average molecular weight is 575 g/mol. The molecule has 1 aromatic carbocycles. The molecule has 0 unspecified atom stereocenters. The van der Waals surface area contributed by atoms with E-state index >= 15 is 0 Å². The van der Waals surface area contributed by atoms with Crippen LogP contribution in [0.3, 0.4) is 0 Å². The highest BCUT2D eigenvalue weighted by atomic mass is 16.7. The van der Waals surface area contributed by atoms with E-state index in [1.54, 1.807) is 12.4 Å². The first-order valence-corrected chi connectivity index (χ1v) is 13.2. The minimum atomic E-state index is -1.37. The number of rotatable bonds is 8. The smallest absolute Gasteiger partial charge is 0.339 e. The molecule has 13 nitrogen and oxygen atoms in total. The molecule has 3 aromatic heterocycles. The highest BCUT2D eigenvalue weighted by molar-refractivity contribution is 5.85. The van der Waals surface area contributed by atoms with Gasteiger partial charge in [-0.3, -0.25) is 19.1 Å². The Morgan fingerprint density at radius 1 is 1.00 bits per heavy atom. The molecule has 0 aliphatic carbocycles. The third kappa shape index (κ3) is 5.91. The predicted molar refractivity (Wildman–Crippen MR) is 149 cm³/mol. The lowest BCUT2D eigenvalue weighted by Gasteiger charge is -2.23. The van der Waals surface area contributed by atoms with Crippen molar-refractivity contribution in [1.29, 1.82) is 0 Å². The number of fused-ring (bicyclic) bond motifs is 1. The second-order valence-electron chi connectivity index (χ2n) is 9.93. The fourth-order valence-corrected chi connectivity index (χ4v) is 4.85. The summed E-state index contributed by atoms with van der Waals surface area (Å²) in [5, 5.41) is 3.36. The first-order chi connectivity index (χ1) is 20.1. The van der Waals surface area contributed by atoms with E-state index in [2.05, 4.69) is 21.4 Å². The van der Waals surface area contributed by atoms with Gasteiger partial charge in [0.1, 0.15) is 0 Å². The molecule has 4 aromatic rings. The first-order valence-electron chi connectivity index (χ1n) is 13.2. The maximum atomic E-state index is 12.6. The van der Waals surface area contributed by atoms with Gasteiger partial charge in [0.25, 0.3) is 0 Å². The van der Waals surface area contributed by atoms with Gasteiger partial charge in [-0.15, -0.1) is 0 Å². The number of hydrogen-bond donors (Lipinski definition) is 1. The van der Waals surface area contributed by atoms with Crippen LogP contribution in [-0.4, -0.2) is 67.8 Å². The summed E-state index contributed by atoms with van der Waals surface area (Å²) < 4.78 is 23.4. The number of nitrogens with zero attached hydrogens (tertiary/aromatic N) is 5. The normalized spacial score (nSPS) is 19.8. The van der Waals surface area contributed by atoms with Crippen LogP contribution in [0.25, 0.3) is 22.6 Å². The van der Waals surface area contributed by atoms with Gasteiger partial charge in [-0.25, -0.2) is 19.7 Å². The number of imidazole rings is 1. The molecule has 1 N–H and O–H groups in total. The van der Waals surface area contributed by atoms with Crippen molar-refractivity contribution in [3.63, 3.8) is 0 Å². The van der Waals surface area contributed by atoms with E-state index in [1.165, 1.54) is 31.9 Å². The van der Waals surface area contributed by atoms with Crippen LogP contribution >= 0.6 is 0 Å². The Morgan fingerprint density at radius 2 is 1.76 bits per heavy atom. The average Bonchev–Trinajstić information content (AvgIpc) is 3.52. The first kappa shape index (κ1) is 28.6. The standard InChI is InChI=1S/C29H30N6O7/c1-15-7-6-8-19(9-15)12-31-26-21-27(34-25(33-26)20-10-16(2)11-30-13-20)35(14-32-21)28-23(41-18(4)37)22(40-17(3)36)24(42-28)29(38)39-5/h6-11,13-14,22-24,28H,12H2,1-5H3,(H,31,33,34)/t22-,23+,24-,28+/m0/s1. The van der Waals surface area contributed by atoms with Crippen LogP contribution in [0.1, 0.15) is 36.8 Å². The van der Waals surface area contributed by atoms with E-state index in [9.17, 15) is 14.4 Å². The lowest BCUT2D eigenvalue weighted by Crippen LogP contribution is -2.42. The van der Waals surface area contributed by atoms with Crippen molar-refractivity contribution in [2.75, 3.05) is 12.4 Å². The van der Waals surface area contributed by atoms with Gasteiger partial charge in [0.15, 0.2) is 47.3 Å². The fourth-order valence-electron chi connectivity index (χ4n) is 4.85. The van der Waals surface area contributed by atoms with Gasteiger partial charge in [0, 0.05) is 38.3 Å². The molecule has 0 spiro atoms. The molecule has 218 valence electrons. The number of aromatic nitrogens is 5. The Morgan fingerprint density at radius 3 is 2.45 bits per heavy atom. The van der Waals surface area contributed by atoms with Crippen LogP contribution in [0.4, 0.5) is 5.82 Å². The van der Waals surface area contributed by atoms with Crippen molar-refractivity contribution in [3.8, 4) is 11.4 Å². The van der Waals surface area contributed by atoms with Crippen LogP contribution in [0, 0.1) is 13.8 Å². The lowest BCUT2D eigenvalue weighted by molar-refractivity contribution is -0.169. The summed E-state index contributed by atoms with van der Waals surface area (Å²) in [7, 11) is 1.18. The predicted octanol–water partition coefficient (Wildman–Crippen LogP) is 3.05. The van der Waals surface area contributed by atoms with Gasteiger partial charge >= 0.3 is 17.9 Å². The maximum Gasteiger partial charge on any atom is 0.339 e. The molecule has 13 heteroatoms. The number of ether oxygens (including phenoxy) is 4.